The van der Waals surface area contributed by atoms with Crippen molar-refractivity contribution in [3.8, 4) is 0 Å². The van der Waals surface area contributed by atoms with Gasteiger partial charge in [0.25, 0.3) is 5.91 Å². The third kappa shape index (κ3) is 3.49. The molecule has 0 radical (unpaired) electrons. The summed E-state index contributed by atoms with van der Waals surface area (Å²) in [5, 5.41) is 3.74. The van der Waals surface area contributed by atoms with Gasteiger partial charge in [0.05, 0.1) is 6.21 Å². The van der Waals surface area contributed by atoms with Crippen LogP contribution in [0.25, 0.3) is 0 Å². The highest BCUT2D eigenvalue weighted by molar-refractivity contribution is 5.95. The molecule has 0 aliphatic heterocycles. The predicted molar refractivity (Wildman–Crippen MR) is 87.1 cm³/mol. The zero-order valence-corrected chi connectivity index (χ0v) is 13.2. The molecule has 0 atom stereocenters. The number of benzene rings is 1. The van der Waals surface area contributed by atoms with Crippen LogP contribution in [0.4, 0.5) is 0 Å². The van der Waals surface area contributed by atoms with E-state index in [1.807, 2.05) is 24.3 Å². The van der Waals surface area contributed by atoms with Gasteiger partial charge in [-0.2, -0.15) is 0 Å². The van der Waals surface area contributed by atoms with Crippen LogP contribution < -0.4 is 0 Å². The van der Waals surface area contributed by atoms with E-state index >= 15 is 0 Å². The fraction of sp³-hybridized carbons (Fsp3) is 0.556. The molecule has 0 saturated heterocycles. The topological polar surface area (TPSA) is 41.9 Å². The van der Waals surface area contributed by atoms with Crippen molar-refractivity contribution < 1.29 is 9.63 Å². The molecule has 0 aromatic heterocycles. The van der Waals surface area contributed by atoms with E-state index in [2.05, 4.69) is 14.9 Å². The lowest BCUT2D eigenvalue weighted by atomic mass is 9.93. The zero-order valence-electron chi connectivity index (χ0n) is 13.2. The van der Waals surface area contributed by atoms with E-state index in [1.54, 1.807) is 6.21 Å². The summed E-state index contributed by atoms with van der Waals surface area (Å²) in [4.78, 5) is 19.8. The normalized spacial score (nSPS) is 19.3. The van der Waals surface area contributed by atoms with E-state index in [0.717, 1.165) is 11.1 Å². The predicted octanol–water partition coefficient (Wildman–Crippen LogP) is 3.60. The summed E-state index contributed by atoms with van der Waals surface area (Å²) < 4.78 is 0. The standard InChI is InChI=1S/C18H24N2O2/c1-22-19-13-14-7-9-15(10-8-14)18(21)20(17-11-12-17)16-5-3-2-4-6-16/h7-10,13,16-17H,2-6,11-12H2,1H3/b19-13+. The van der Waals surface area contributed by atoms with Gasteiger partial charge in [-0.15, -0.1) is 0 Å². The highest BCUT2D eigenvalue weighted by atomic mass is 16.6. The first-order valence-electron chi connectivity index (χ1n) is 8.29. The second kappa shape index (κ2) is 6.95. The first kappa shape index (κ1) is 15.1. The summed E-state index contributed by atoms with van der Waals surface area (Å²) in [6.45, 7) is 0. The van der Waals surface area contributed by atoms with Crippen LogP contribution in [0, 0.1) is 0 Å². The third-order valence-corrected chi connectivity index (χ3v) is 4.61. The lowest BCUT2D eigenvalue weighted by Crippen LogP contribution is -2.43. The second-order valence-corrected chi connectivity index (χ2v) is 6.27. The number of hydrogen-bond donors (Lipinski definition) is 0. The lowest BCUT2D eigenvalue weighted by Gasteiger charge is -2.34. The van der Waals surface area contributed by atoms with E-state index in [4.69, 9.17) is 0 Å². The molecule has 0 bridgehead atoms. The van der Waals surface area contributed by atoms with Gasteiger partial charge in [-0.05, 0) is 43.4 Å². The second-order valence-electron chi connectivity index (χ2n) is 6.27. The lowest BCUT2D eigenvalue weighted by molar-refractivity contribution is 0.0614. The molecule has 1 aromatic carbocycles. The highest BCUT2D eigenvalue weighted by Gasteiger charge is 2.37. The number of oxime groups is 1. The Morgan fingerprint density at radius 1 is 1.09 bits per heavy atom. The van der Waals surface area contributed by atoms with Crippen LogP contribution in [0.1, 0.15) is 60.9 Å². The summed E-state index contributed by atoms with van der Waals surface area (Å²) in [6.07, 6.45) is 10.1. The largest absolute Gasteiger partial charge is 0.399 e. The minimum atomic E-state index is 0.199. The summed E-state index contributed by atoms with van der Waals surface area (Å²) >= 11 is 0. The van der Waals surface area contributed by atoms with Crippen LogP contribution in [0.2, 0.25) is 0 Å². The molecule has 2 aliphatic rings. The van der Waals surface area contributed by atoms with E-state index in [1.165, 1.54) is 52.1 Å². The average molecular weight is 300 g/mol. The molecule has 118 valence electrons. The van der Waals surface area contributed by atoms with Gasteiger partial charge in [-0.25, -0.2) is 0 Å². The summed E-state index contributed by atoms with van der Waals surface area (Å²) in [7, 11) is 1.52. The fourth-order valence-corrected chi connectivity index (χ4v) is 3.32. The third-order valence-electron chi connectivity index (χ3n) is 4.61. The Morgan fingerprint density at radius 2 is 1.73 bits per heavy atom. The first-order valence-corrected chi connectivity index (χ1v) is 8.29. The maximum atomic E-state index is 12.9. The van der Waals surface area contributed by atoms with Gasteiger partial charge in [-0.3, -0.25) is 4.79 Å². The molecule has 0 unspecified atom stereocenters. The molecular weight excluding hydrogens is 276 g/mol. The number of carbonyl (C=O) groups excluding carboxylic acids is 1. The monoisotopic (exact) mass is 300 g/mol. The Labute approximate surface area is 132 Å². The molecule has 0 spiro atoms. The van der Waals surface area contributed by atoms with Crippen LogP contribution in [-0.2, 0) is 4.84 Å². The molecule has 0 heterocycles. The number of amides is 1. The van der Waals surface area contributed by atoms with Gasteiger partial charge in [0.2, 0.25) is 0 Å². The van der Waals surface area contributed by atoms with Crippen LogP contribution >= 0.6 is 0 Å². The molecule has 4 nitrogen and oxygen atoms in total. The minimum Gasteiger partial charge on any atom is -0.399 e. The van der Waals surface area contributed by atoms with Gasteiger partial charge in [0.15, 0.2) is 0 Å². The van der Waals surface area contributed by atoms with E-state index < -0.39 is 0 Å². The maximum Gasteiger partial charge on any atom is 0.254 e. The van der Waals surface area contributed by atoms with Crippen LogP contribution in [0.5, 0.6) is 0 Å². The van der Waals surface area contributed by atoms with Gasteiger partial charge < -0.3 is 9.74 Å². The van der Waals surface area contributed by atoms with Crippen molar-refractivity contribution in [2.45, 2.75) is 57.0 Å². The Balaban J connectivity index is 1.73. The van der Waals surface area contributed by atoms with Gasteiger partial charge in [0, 0.05) is 17.6 Å². The van der Waals surface area contributed by atoms with Crippen molar-refractivity contribution in [2.75, 3.05) is 7.11 Å². The van der Waals surface area contributed by atoms with Crippen molar-refractivity contribution in [1.29, 1.82) is 0 Å². The quantitative estimate of drug-likeness (QED) is 0.616. The van der Waals surface area contributed by atoms with E-state index in [9.17, 15) is 4.79 Å². The number of rotatable bonds is 5. The fourth-order valence-electron chi connectivity index (χ4n) is 3.32. The van der Waals surface area contributed by atoms with Crippen LogP contribution in [0.15, 0.2) is 29.4 Å². The Kier molecular flexibility index (Phi) is 4.76. The number of nitrogens with zero attached hydrogens (tertiary/aromatic N) is 2. The molecule has 1 aromatic rings. The molecule has 22 heavy (non-hydrogen) atoms. The molecular formula is C18H24N2O2. The summed E-state index contributed by atoms with van der Waals surface area (Å²) in [6, 6.07) is 8.56. The molecule has 4 heteroatoms. The highest BCUT2D eigenvalue weighted by Crippen LogP contribution is 2.34. The SMILES string of the molecule is CO/N=C/c1ccc(C(=O)N(C2CCCCC2)C2CC2)cc1. The average Bonchev–Trinajstić information content (AvgIpc) is 3.39. The van der Waals surface area contributed by atoms with Crippen molar-refractivity contribution in [1.82, 2.24) is 4.90 Å². The Hall–Kier alpha value is -1.84. The Morgan fingerprint density at radius 3 is 2.32 bits per heavy atom. The van der Waals surface area contributed by atoms with Crippen LogP contribution in [-0.4, -0.2) is 36.2 Å². The Bertz CT molecular complexity index is 529. The van der Waals surface area contributed by atoms with Crippen LogP contribution in [0.3, 0.4) is 0 Å². The number of carbonyl (C=O) groups is 1. The number of hydrogen-bond acceptors (Lipinski definition) is 3. The molecule has 2 fully saturated rings. The molecule has 3 rings (SSSR count). The van der Waals surface area contributed by atoms with Crippen molar-refractivity contribution in [3.05, 3.63) is 35.4 Å². The maximum absolute atomic E-state index is 12.9. The molecule has 2 saturated carbocycles. The zero-order chi connectivity index (χ0) is 15.4. The van der Waals surface area contributed by atoms with Gasteiger partial charge >= 0.3 is 0 Å². The van der Waals surface area contributed by atoms with Gasteiger partial charge in [-0.1, -0.05) is 36.6 Å². The minimum absolute atomic E-state index is 0.199. The summed E-state index contributed by atoms with van der Waals surface area (Å²) in [5.41, 5.74) is 1.72. The van der Waals surface area contributed by atoms with Crippen molar-refractivity contribution in [2.24, 2.45) is 5.16 Å². The molecule has 2 aliphatic carbocycles. The summed E-state index contributed by atoms with van der Waals surface area (Å²) in [5.74, 6) is 0.199. The van der Waals surface area contributed by atoms with Crippen molar-refractivity contribution >= 4 is 12.1 Å². The first-order chi connectivity index (χ1) is 10.8. The molecule has 1 amide bonds. The van der Waals surface area contributed by atoms with Crippen molar-refractivity contribution in [3.63, 3.8) is 0 Å². The smallest absolute Gasteiger partial charge is 0.254 e. The van der Waals surface area contributed by atoms with Gasteiger partial charge in [0.1, 0.15) is 7.11 Å². The van der Waals surface area contributed by atoms with E-state index in [-0.39, 0.29) is 5.91 Å². The molecule has 0 N–H and O–H groups in total. The van der Waals surface area contributed by atoms with E-state index in [0.29, 0.717) is 12.1 Å².